The molecule has 1 saturated carbocycles. The third-order valence-electron chi connectivity index (χ3n) is 4.89. The van der Waals surface area contributed by atoms with Crippen molar-refractivity contribution < 1.29 is 0 Å². The largest absolute Gasteiger partial charge is 0.329 e. The first-order valence-corrected chi connectivity index (χ1v) is 8.72. The zero-order valence-corrected chi connectivity index (χ0v) is 14.0. The first kappa shape index (κ1) is 15.2. The van der Waals surface area contributed by atoms with E-state index in [1.54, 1.807) is 0 Å². The summed E-state index contributed by atoms with van der Waals surface area (Å²) in [4.78, 5) is 13.3. The molecule has 4 nitrogen and oxygen atoms in total. The molecule has 1 atom stereocenters. The Labute approximate surface area is 141 Å². The second-order valence-corrected chi connectivity index (χ2v) is 6.56. The summed E-state index contributed by atoms with van der Waals surface area (Å²) < 4.78 is 4.00. The number of aromatic nitrogens is 2. The zero-order valence-electron chi connectivity index (χ0n) is 14.0. The highest BCUT2D eigenvalue weighted by Gasteiger charge is 2.30. The van der Waals surface area contributed by atoms with Crippen molar-refractivity contribution in [2.45, 2.75) is 31.3 Å². The maximum Gasteiger partial charge on any atom is 0.329 e. The van der Waals surface area contributed by atoms with E-state index in [2.05, 4.69) is 29.6 Å². The van der Waals surface area contributed by atoms with Crippen molar-refractivity contribution in [2.24, 2.45) is 0 Å². The van der Waals surface area contributed by atoms with E-state index in [1.807, 2.05) is 46.5 Å². The highest BCUT2D eigenvalue weighted by atomic mass is 16.2. The highest BCUT2D eigenvalue weighted by Crippen LogP contribution is 2.37. The molecule has 3 aromatic rings. The van der Waals surface area contributed by atoms with Gasteiger partial charge in [-0.3, -0.25) is 9.13 Å². The molecule has 1 N–H and O–H groups in total. The molecule has 4 heteroatoms. The Morgan fingerprint density at radius 1 is 1.04 bits per heavy atom. The summed E-state index contributed by atoms with van der Waals surface area (Å²) in [7, 11) is 1.96. The van der Waals surface area contributed by atoms with E-state index in [9.17, 15) is 4.79 Å². The molecule has 124 valence electrons. The van der Waals surface area contributed by atoms with E-state index in [4.69, 9.17) is 0 Å². The monoisotopic (exact) mass is 321 g/mol. The van der Waals surface area contributed by atoms with Crippen LogP contribution < -0.4 is 11.0 Å². The number of nitrogens with one attached hydrogen (secondary N) is 1. The third-order valence-corrected chi connectivity index (χ3v) is 4.89. The lowest BCUT2D eigenvalue weighted by Gasteiger charge is -2.19. The SMILES string of the molecule is CNCC[C@@H](c1ccccc1)n1c(=O)n(C2CC2)c2ccccc21. The number of nitrogens with zero attached hydrogens (tertiary/aromatic N) is 2. The predicted octanol–water partition coefficient (Wildman–Crippen LogP) is 3.34. The lowest BCUT2D eigenvalue weighted by molar-refractivity contribution is 0.511. The number of hydrogen-bond donors (Lipinski definition) is 1. The van der Waals surface area contributed by atoms with Gasteiger partial charge in [0.05, 0.1) is 17.1 Å². The van der Waals surface area contributed by atoms with Crippen molar-refractivity contribution >= 4 is 11.0 Å². The first-order valence-electron chi connectivity index (χ1n) is 8.72. The van der Waals surface area contributed by atoms with Crippen LogP contribution in [0.15, 0.2) is 59.4 Å². The summed E-state index contributed by atoms with van der Waals surface area (Å²) in [6, 6.07) is 19.0. The topological polar surface area (TPSA) is 39.0 Å². The lowest BCUT2D eigenvalue weighted by atomic mass is 10.0. The molecule has 1 aliphatic carbocycles. The van der Waals surface area contributed by atoms with Crippen molar-refractivity contribution in [1.82, 2.24) is 14.5 Å². The molecular weight excluding hydrogens is 298 g/mol. The van der Waals surface area contributed by atoms with Crippen molar-refractivity contribution in [3.63, 3.8) is 0 Å². The van der Waals surface area contributed by atoms with E-state index in [-0.39, 0.29) is 11.7 Å². The van der Waals surface area contributed by atoms with Crippen LogP contribution in [0.1, 0.15) is 36.9 Å². The molecule has 1 aliphatic rings. The predicted molar refractivity (Wildman–Crippen MR) is 97.6 cm³/mol. The molecule has 0 bridgehead atoms. The Morgan fingerprint density at radius 2 is 1.71 bits per heavy atom. The normalized spacial score (nSPS) is 15.7. The van der Waals surface area contributed by atoms with Crippen molar-refractivity contribution in [2.75, 3.05) is 13.6 Å². The van der Waals surface area contributed by atoms with Gasteiger partial charge in [-0.1, -0.05) is 42.5 Å². The van der Waals surface area contributed by atoms with Gasteiger partial charge in [-0.2, -0.15) is 0 Å². The number of hydrogen-bond acceptors (Lipinski definition) is 2. The molecule has 0 radical (unpaired) electrons. The molecule has 0 spiro atoms. The fourth-order valence-electron chi connectivity index (χ4n) is 3.58. The summed E-state index contributed by atoms with van der Waals surface area (Å²) in [6.07, 6.45) is 3.11. The van der Waals surface area contributed by atoms with Gasteiger partial charge in [-0.25, -0.2) is 4.79 Å². The average molecular weight is 321 g/mol. The summed E-state index contributed by atoms with van der Waals surface area (Å²) in [5.74, 6) is 0. The molecule has 0 unspecified atom stereocenters. The van der Waals surface area contributed by atoms with Crippen LogP contribution >= 0.6 is 0 Å². The van der Waals surface area contributed by atoms with E-state index in [0.29, 0.717) is 6.04 Å². The van der Waals surface area contributed by atoms with Crippen LogP contribution in [-0.2, 0) is 0 Å². The third kappa shape index (κ3) is 2.57. The average Bonchev–Trinajstić information content (AvgIpc) is 3.41. The van der Waals surface area contributed by atoms with Crippen molar-refractivity contribution in [3.05, 3.63) is 70.6 Å². The molecule has 4 rings (SSSR count). The molecule has 2 aromatic carbocycles. The minimum absolute atomic E-state index is 0.0519. The van der Waals surface area contributed by atoms with Gasteiger partial charge in [0.25, 0.3) is 0 Å². The quantitative estimate of drug-likeness (QED) is 0.756. The maximum atomic E-state index is 13.3. The summed E-state index contributed by atoms with van der Waals surface area (Å²) >= 11 is 0. The standard InChI is InChI=1S/C20H23N3O/c1-21-14-13-17(15-7-3-2-4-8-15)23-19-10-6-5-9-18(19)22(20(23)24)16-11-12-16/h2-10,16-17,21H,11-14H2,1H3/t17-/m0/s1. The number of rotatable bonds is 6. The molecule has 24 heavy (non-hydrogen) atoms. The highest BCUT2D eigenvalue weighted by molar-refractivity contribution is 5.76. The summed E-state index contributed by atoms with van der Waals surface area (Å²) in [6.45, 7) is 0.870. The number of benzene rings is 2. The van der Waals surface area contributed by atoms with Gasteiger partial charge < -0.3 is 5.32 Å². The summed E-state index contributed by atoms with van der Waals surface area (Å²) in [5.41, 5.74) is 3.42. The van der Waals surface area contributed by atoms with Gasteiger partial charge in [0.15, 0.2) is 0 Å². The molecule has 0 aliphatic heterocycles. The van der Waals surface area contributed by atoms with Crippen LogP contribution in [0.3, 0.4) is 0 Å². The van der Waals surface area contributed by atoms with Crippen LogP contribution in [0.4, 0.5) is 0 Å². The van der Waals surface area contributed by atoms with Gasteiger partial charge in [0, 0.05) is 6.04 Å². The number of para-hydroxylation sites is 2. The number of fused-ring (bicyclic) bond motifs is 1. The van der Waals surface area contributed by atoms with E-state index in [0.717, 1.165) is 36.8 Å². The van der Waals surface area contributed by atoms with Crippen LogP contribution in [0.25, 0.3) is 11.0 Å². The molecule has 1 fully saturated rings. The molecule has 0 amide bonds. The van der Waals surface area contributed by atoms with Gasteiger partial charge >= 0.3 is 5.69 Å². The van der Waals surface area contributed by atoms with Gasteiger partial charge in [0.1, 0.15) is 0 Å². The molecule has 0 saturated heterocycles. The Hall–Kier alpha value is -2.33. The number of imidazole rings is 1. The smallest absolute Gasteiger partial charge is 0.320 e. The van der Waals surface area contributed by atoms with E-state index >= 15 is 0 Å². The Morgan fingerprint density at radius 3 is 2.38 bits per heavy atom. The minimum atomic E-state index is 0.0519. The second kappa shape index (κ2) is 6.29. The minimum Gasteiger partial charge on any atom is -0.320 e. The van der Waals surface area contributed by atoms with Crippen LogP contribution in [0.2, 0.25) is 0 Å². The second-order valence-electron chi connectivity index (χ2n) is 6.56. The van der Waals surface area contributed by atoms with E-state index < -0.39 is 0 Å². The maximum absolute atomic E-state index is 13.3. The Kier molecular flexibility index (Phi) is 3.98. The van der Waals surface area contributed by atoms with Gasteiger partial charge in [-0.15, -0.1) is 0 Å². The van der Waals surface area contributed by atoms with Crippen LogP contribution in [0.5, 0.6) is 0 Å². The first-order chi connectivity index (χ1) is 11.8. The van der Waals surface area contributed by atoms with Gasteiger partial charge in [-0.05, 0) is 50.6 Å². The molecule has 1 heterocycles. The van der Waals surface area contributed by atoms with Crippen molar-refractivity contribution in [1.29, 1.82) is 0 Å². The van der Waals surface area contributed by atoms with E-state index in [1.165, 1.54) is 5.56 Å². The zero-order chi connectivity index (χ0) is 16.5. The van der Waals surface area contributed by atoms with Crippen LogP contribution in [0, 0.1) is 0 Å². The fraction of sp³-hybridized carbons (Fsp3) is 0.350. The molecular formula is C20H23N3O. The Balaban J connectivity index is 1.92. The summed E-state index contributed by atoms with van der Waals surface area (Å²) in [5, 5.41) is 3.22. The van der Waals surface area contributed by atoms with Crippen LogP contribution in [-0.4, -0.2) is 22.7 Å². The van der Waals surface area contributed by atoms with Crippen molar-refractivity contribution in [3.8, 4) is 0 Å². The lowest BCUT2D eigenvalue weighted by Crippen LogP contribution is -2.29. The molecule has 1 aromatic heterocycles. The fourth-order valence-corrected chi connectivity index (χ4v) is 3.58. The van der Waals surface area contributed by atoms with Gasteiger partial charge in [0.2, 0.25) is 0 Å². The Bertz CT molecular complexity index is 890.